The summed E-state index contributed by atoms with van der Waals surface area (Å²) in [6.07, 6.45) is 3.71. The molecule has 4 nitrogen and oxygen atoms in total. The largest absolute Gasteiger partial charge is 0.290 e. The van der Waals surface area contributed by atoms with Crippen LogP contribution in [0.3, 0.4) is 0 Å². The summed E-state index contributed by atoms with van der Waals surface area (Å²) in [5, 5.41) is 0. The summed E-state index contributed by atoms with van der Waals surface area (Å²) in [5.41, 5.74) is 2.14. The van der Waals surface area contributed by atoms with Crippen LogP contribution in [0.15, 0.2) is 77.0 Å². The molecule has 3 rings (SSSR count). The van der Waals surface area contributed by atoms with E-state index in [1.807, 2.05) is 18.1 Å². The SMILES string of the molecule is CC(C)(C)NS(=O)(=O)c1ccccc1-c1ccc(C(=O)C2=CC=CB2)cc1. The summed E-state index contributed by atoms with van der Waals surface area (Å²) in [4.78, 5) is 12.7. The van der Waals surface area contributed by atoms with Crippen molar-refractivity contribution in [1.29, 1.82) is 0 Å². The van der Waals surface area contributed by atoms with Gasteiger partial charge in [-0.15, -0.1) is 5.98 Å². The van der Waals surface area contributed by atoms with Crippen LogP contribution in [0.1, 0.15) is 31.1 Å². The third kappa shape index (κ3) is 4.46. The van der Waals surface area contributed by atoms with Crippen molar-refractivity contribution in [2.45, 2.75) is 31.2 Å². The fraction of sp³-hybridized carbons (Fsp3) is 0.190. The molecule has 2 aromatic rings. The first kappa shape index (κ1) is 19.3. The molecule has 6 heteroatoms. The molecule has 0 spiro atoms. The van der Waals surface area contributed by atoms with Crippen LogP contribution in [0.4, 0.5) is 0 Å². The minimum Gasteiger partial charge on any atom is -0.290 e. The molecule has 0 aliphatic carbocycles. The molecule has 138 valence electrons. The third-order valence-electron chi connectivity index (χ3n) is 4.14. The van der Waals surface area contributed by atoms with Gasteiger partial charge in [0, 0.05) is 16.7 Å². The van der Waals surface area contributed by atoms with Crippen molar-refractivity contribution in [1.82, 2.24) is 4.72 Å². The maximum Gasteiger partial charge on any atom is 0.241 e. The molecule has 0 bridgehead atoms. The fourth-order valence-electron chi connectivity index (χ4n) is 3.00. The van der Waals surface area contributed by atoms with E-state index in [1.54, 1.807) is 69.3 Å². The Labute approximate surface area is 161 Å². The molecule has 0 saturated carbocycles. The Morgan fingerprint density at radius 2 is 1.67 bits per heavy atom. The van der Waals surface area contributed by atoms with Crippen LogP contribution in [-0.4, -0.2) is 27.0 Å². The lowest BCUT2D eigenvalue weighted by atomic mass is 9.70. The predicted molar refractivity (Wildman–Crippen MR) is 111 cm³/mol. The number of carbonyl (C=O) groups is 1. The first-order valence-electron chi connectivity index (χ1n) is 8.81. The molecule has 1 aliphatic rings. The standard InChI is InChI=1S/C21H22BNO3S/c1-21(2,3)23-27(25,26)19-9-5-4-7-17(19)15-10-12-16(13-11-15)20(24)18-8-6-14-22-18/h4-14,22-23H,1-3H3. The van der Waals surface area contributed by atoms with Gasteiger partial charge in [0.15, 0.2) is 13.1 Å². The lowest BCUT2D eigenvalue weighted by molar-refractivity contribution is 0.104. The van der Waals surface area contributed by atoms with Gasteiger partial charge < -0.3 is 0 Å². The number of carbonyl (C=O) groups excluding carboxylic acids is 1. The molecule has 0 fully saturated rings. The molecular formula is C21H22BNO3S. The van der Waals surface area contributed by atoms with Gasteiger partial charge >= 0.3 is 0 Å². The zero-order valence-corrected chi connectivity index (χ0v) is 16.5. The molecule has 1 heterocycles. The molecule has 1 aliphatic heterocycles. The number of nitrogens with one attached hydrogen (secondary N) is 1. The number of allylic oxidation sites excluding steroid dienone is 3. The summed E-state index contributed by atoms with van der Waals surface area (Å²) in [5.74, 6) is 1.95. The van der Waals surface area contributed by atoms with E-state index in [2.05, 4.69) is 4.72 Å². The van der Waals surface area contributed by atoms with Crippen molar-refractivity contribution >= 4 is 23.1 Å². The van der Waals surface area contributed by atoms with E-state index in [0.717, 1.165) is 11.0 Å². The van der Waals surface area contributed by atoms with Crippen LogP contribution in [0.2, 0.25) is 0 Å². The lowest BCUT2D eigenvalue weighted by Gasteiger charge is -2.21. The highest BCUT2D eigenvalue weighted by molar-refractivity contribution is 7.89. The van der Waals surface area contributed by atoms with Gasteiger partial charge in [0.05, 0.1) is 4.90 Å². The van der Waals surface area contributed by atoms with Crippen molar-refractivity contribution in [3.8, 4) is 11.1 Å². The minimum atomic E-state index is -3.67. The van der Waals surface area contributed by atoms with Gasteiger partial charge in [0.25, 0.3) is 0 Å². The minimum absolute atomic E-state index is 0.00172. The van der Waals surface area contributed by atoms with E-state index in [0.29, 0.717) is 18.4 Å². The van der Waals surface area contributed by atoms with Crippen molar-refractivity contribution in [2.24, 2.45) is 0 Å². The molecule has 0 unspecified atom stereocenters. The van der Waals surface area contributed by atoms with Crippen molar-refractivity contribution in [3.63, 3.8) is 0 Å². The second-order valence-corrected chi connectivity index (χ2v) is 9.23. The van der Waals surface area contributed by atoms with Gasteiger partial charge in [-0.2, -0.15) is 0 Å². The number of rotatable bonds is 5. The molecule has 0 amide bonds. The zero-order chi connectivity index (χ0) is 19.7. The molecule has 27 heavy (non-hydrogen) atoms. The van der Waals surface area contributed by atoms with Crippen LogP contribution in [0.5, 0.6) is 0 Å². The van der Waals surface area contributed by atoms with Gasteiger partial charge in [-0.1, -0.05) is 54.6 Å². The quantitative estimate of drug-likeness (QED) is 0.639. The highest BCUT2D eigenvalue weighted by Crippen LogP contribution is 2.28. The molecule has 0 radical (unpaired) electrons. The number of ketones is 1. The van der Waals surface area contributed by atoms with Crippen molar-refractivity contribution in [3.05, 3.63) is 77.7 Å². The van der Waals surface area contributed by atoms with Gasteiger partial charge in [0.2, 0.25) is 10.0 Å². The molecule has 0 saturated heterocycles. The van der Waals surface area contributed by atoms with Gasteiger partial charge in [-0.3, -0.25) is 4.79 Å². The normalized spacial score (nSPS) is 14.0. The van der Waals surface area contributed by atoms with Crippen molar-refractivity contribution < 1.29 is 13.2 Å². The van der Waals surface area contributed by atoms with Crippen molar-refractivity contribution in [2.75, 3.05) is 0 Å². The molecule has 2 aromatic carbocycles. The molecule has 0 atom stereocenters. The number of hydrogen-bond acceptors (Lipinski definition) is 3. The number of Topliss-reactive ketones (excluding diaryl/α,β-unsaturated/α-hetero) is 1. The molecular weight excluding hydrogens is 357 g/mol. The van der Waals surface area contributed by atoms with Crippen LogP contribution >= 0.6 is 0 Å². The zero-order valence-electron chi connectivity index (χ0n) is 15.7. The average molecular weight is 379 g/mol. The summed E-state index contributed by atoms with van der Waals surface area (Å²) in [6.45, 7) is 5.42. The van der Waals surface area contributed by atoms with E-state index >= 15 is 0 Å². The fourth-order valence-corrected chi connectivity index (χ4v) is 4.65. The van der Waals surface area contributed by atoms with Crippen LogP contribution < -0.4 is 4.72 Å². The Balaban J connectivity index is 1.95. The van der Waals surface area contributed by atoms with Gasteiger partial charge in [0.1, 0.15) is 0 Å². The van der Waals surface area contributed by atoms with E-state index in [4.69, 9.17) is 0 Å². The van der Waals surface area contributed by atoms with Crippen LogP contribution in [0.25, 0.3) is 11.1 Å². The Morgan fingerprint density at radius 3 is 2.26 bits per heavy atom. The van der Waals surface area contributed by atoms with E-state index in [1.165, 1.54) is 0 Å². The first-order valence-corrected chi connectivity index (χ1v) is 10.3. The predicted octanol–water partition coefficient (Wildman–Crippen LogP) is 3.46. The first-order chi connectivity index (χ1) is 12.7. The smallest absolute Gasteiger partial charge is 0.241 e. The Kier molecular flexibility index (Phi) is 5.22. The van der Waals surface area contributed by atoms with E-state index in [-0.39, 0.29) is 10.7 Å². The maximum atomic E-state index is 12.8. The Morgan fingerprint density at radius 1 is 1.00 bits per heavy atom. The lowest BCUT2D eigenvalue weighted by Crippen LogP contribution is -2.40. The van der Waals surface area contributed by atoms with E-state index in [9.17, 15) is 13.2 Å². The van der Waals surface area contributed by atoms with Gasteiger partial charge in [-0.25, -0.2) is 13.1 Å². The van der Waals surface area contributed by atoms with Gasteiger partial charge in [-0.05, 0) is 37.9 Å². The average Bonchev–Trinajstić information content (AvgIpc) is 3.14. The number of benzene rings is 2. The maximum absolute atomic E-state index is 12.8. The number of hydrogen-bond donors (Lipinski definition) is 1. The molecule has 1 N–H and O–H groups in total. The second-order valence-electron chi connectivity index (χ2n) is 7.58. The number of sulfonamides is 1. The van der Waals surface area contributed by atoms with Crippen LogP contribution in [0, 0.1) is 0 Å². The summed E-state index contributed by atoms with van der Waals surface area (Å²) < 4.78 is 28.3. The Hall–Kier alpha value is -2.44. The Bertz CT molecular complexity index is 1030. The highest BCUT2D eigenvalue weighted by Gasteiger charge is 2.24. The van der Waals surface area contributed by atoms with E-state index < -0.39 is 15.6 Å². The van der Waals surface area contributed by atoms with Crippen LogP contribution in [-0.2, 0) is 10.0 Å². The summed E-state index contributed by atoms with van der Waals surface area (Å²) >= 11 is 0. The second kappa shape index (κ2) is 7.29. The monoisotopic (exact) mass is 379 g/mol. The highest BCUT2D eigenvalue weighted by atomic mass is 32.2. The third-order valence-corrected chi connectivity index (χ3v) is 5.95. The molecule has 0 aromatic heterocycles. The summed E-state index contributed by atoms with van der Waals surface area (Å²) in [6, 6.07) is 14.0. The summed E-state index contributed by atoms with van der Waals surface area (Å²) in [7, 11) is -3.02. The topological polar surface area (TPSA) is 63.2 Å².